The Bertz CT molecular complexity index is 1110. The molecule has 1 N–H and O–H groups in total. The zero-order valence-corrected chi connectivity index (χ0v) is 17.6. The van der Waals surface area contributed by atoms with E-state index >= 15 is 0 Å². The maximum Gasteiger partial charge on any atom is 0.295 e. The maximum atomic E-state index is 12.9. The number of carbonyl (C=O) groups excluding carboxylic acids is 2. The molecule has 1 aliphatic heterocycles. The molecule has 1 atom stereocenters. The fourth-order valence-corrected chi connectivity index (χ4v) is 4.10. The first kappa shape index (κ1) is 20.0. The first-order chi connectivity index (χ1) is 14.5. The van der Waals surface area contributed by atoms with Crippen molar-refractivity contribution in [2.24, 2.45) is 0 Å². The lowest BCUT2D eigenvalue weighted by Crippen LogP contribution is -2.34. The van der Waals surface area contributed by atoms with Crippen LogP contribution in [0.5, 0.6) is 0 Å². The maximum absolute atomic E-state index is 12.9. The summed E-state index contributed by atoms with van der Waals surface area (Å²) in [7, 11) is 0. The molecule has 0 radical (unpaired) electrons. The van der Waals surface area contributed by atoms with Crippen molar-refractivity contribution in [2.45, 2.75) is 19.2 Å². The van der Waals surface area contributed by atoms with Crippen LogP contribution in [0.2, 0.25) is 0 Å². The lowest BCUT2D eigenvalue weighted by Gasteiger charge is -2.16. The van der Waals surface area contributed by atoms with Crippen molar-refractivity contribution in [3.63, 3.8) is 0 Å². The van der Waals surface area contributed by atoms with Crippen LogP contribution in [0.15, 0.2) is 72.8 Å². The Morgan fingerprint density at radius 3 is 2.17 bits per heavy atom. The number of hydrogen-bond donors (Lipinski definition) is 1. The number of nitrogens with one attached hydrogen (secondary N) is 1. The van der Waals surface area contributed by atoms with Gasteiger partial charge in [-0.15, -0.1) is 0 Å². The van der Waals surface area contributed by atoms with E-state index in [0.717, 1.165) is 39.7 Å². The van der Waals surface area contributed by atoms with E-state index in [0.29, 0.717) is 5.69 Å². The molecule has 0 saturated carbocycles. The topological polar surface area (TPSA) is 49.4 Å². The predicted octanol–water partition coefficient (Wildman–Crippen LogP) is 6.11. The predicted molar refractivity (Wildman–Crippen MR) is 126 cm³/mol. The van der Waals surface area contributed by atoms with Crippen LogP contribution < -0.4 is 10.2 Å². The number of rotatable bonds is 5. The van der Waals surface area contributed by atoms with Gasteiger partial charge in [-0.2, -0.15) is 0 Å². The zero-order chi connectivity index (χ0) is 21.1. The Morgan fingerprint density at radius 2 is 1.50 bits per heavy atom. The largest absolute Gasteiger partial charge is 0.365 e. The number of carbonyl (C=O) groups is 2. The average molecular weight is 415 g/mol. The molecule has 1 saturated heterocycles. The molecule has 4 nitrogen and oxygen atoms in total. The number of hydrogen-bond acceptors (Lipinski definition) is 4. The molecule has 0 bridgehead atoms. The van der Waals surface area contributed by atoms with Crippen LogP contribution in [-0.2, 0) is 4.79 Å². The normalized spacial score (nSPS) is 16.5. The Morgan fingerprint density at radius 1 is 0.833 bits per heavy atom. The summed E-state index contributed by atoms with van der Waals surface area (Å²) in [5, 5.41) is 2.28. The number of aryl methyl sites for hydroxylation is 2. The molecule has 3 aromatic carbocycles. The molecule has 0 aliphatic carbocycles. The smallest absolute Gasteiger partial charge is 0.295 e. The molecule has 1 heterocycles. The summed E-state index contributed by atoms with van der Waals surface area (Å²) in [4.78, 5) is 26.6. The van der Waals surface area contributed by atoms with Gasteiger partial charge in [0, 0.05) is 5.69 Å². The molecule has 150 valence electrons. The van der Waals surface area contributed by atoms with E-state index in [-0.39, 0.29) is 11.1 Å². The van der Waals surface area contributed by atoms with Gasteiger partial charge >= 0.3 is 0 Å². The standard InChI is InChI=1S/C25H22N2O2S/c1-17-8-15-22(16-18(17)2)27-24(28)23(30-25(27)29)26-21-13-11-20(12-14-21)10-9-19-6-4-3-5-7-19/h3-16,23,26H,1-2H3/b10-9+. The zero-order valence-electron chi connectivity index (χ0n) is 16.8. The fourth-order valence-electron chi connectivity index (χ4n) is 3.20. The Hall–Kier alpha value is -3.31. The van der Waals surface area contributed by atoms with Crippen molar-refractivity contribution in [3.05, 3.63) is 95.1 Å². The number of imide groups is 1. The third kappa shape index (κ3) is 4.31. The van der Waals surface area contributed by atoms with Gasteiger partial charge in [-0.1, -0.05) is 60.7 Å². The molecular weight excluding hydrogens is 392 g/mol. The molecule has 5 heteroatoms. The number of anilines is 2. The number of thioether (sulfide) groups is 1. The van der Waals surface area contributed by atoms with E-state index in [1.54, 1.807) is 0 Å². The van der Waals surface area contributed by atoms with Crippen molar-refractivity contribution in [3.8, 4) is 0 Å². The highest BCUT2D eigenvalue weighted by Crippen LogP contribution is 2.33. The minimum Gasteiger partial charge on any atom is -0.365 e. The van der Waals surface area contributed by atoms with Gasteiger partial charge in [0.15, 0.2) is 5.37 Å². The van der Waals surface area contributed by atoms with Gasteiger partial charge in [0.2, 0.25) is 0 Å². The van der Waals surface area contributed by atoms with Crippen molar-refractivity contribution >= 4 is 46.4 Å². The van der Waals surface area contributed by atoms with Gasteiger partial charge in [0.1, 0.15) is 0 Å². The molecule has 1 fully saturated rings. The van der Waals surface area contributed by atoms with Gasteiger partial charge in [-0.05, 0) is 72.1 Å². The lowest BCUT2D eigenvalue weighted by atomic mass is 10.1. The monoisotopic (exact) mass is 414 g/mol. The van der Waals surface area contributed by atoms with Crippen molar-refractivity contribution in [1.82, 2.24) is 0 Å². The van der Waals surface area contributed by atoms with E-state index in [2.05, 4.69) is 11.4 Å². The summed E-state index contributed by atoms with van der Waals surface area (Å²) >= 11 is 1.01. The highest BCUT2D eigenvalue weighted by Gasteiger charge is 2.40. The summed E-state index contributed by atoms with van der Waals surface area (Å²) in [6, 6.07) is 23.5. The molecule has 0 aromatic heterocycles. The molecule has 3 aromatic rings. The third-order valence-electron chi connectivity index (χ3n) is 5.07. The van der Waals surface area contributed by atoms with Crippen LogP contribution in [0.25, 0.3) is 12.2 Å². The van der Waals surface area contributed by atoms with E-state index in [4.69, 9.17) is 0 Å². The SMILES string of the molecule is Cc1ccc(N2C(=O)SC(Nc3ccc(/C=C/c4ccccc4)cc3)C2=O)cc1C. The lowest BCUT2D eigenvalue weighted by molar-refractivity contribution is -0.116. The summed E-state index contributed by atoms with van der Waals surface area (Å²) in [5.74, 6) is -0.249. The minimum absolute atomic E-state index is 0.249. The molecule has 0 spiro atoms. The minimum atomic E-state index is -0.634. The quantitative estimate of drug-likeness (QED) is 0.512. The fraction of sp³-hybridized carbons (Fsp3) is 0.120. The van der Waals surface area contributed by atoms with Crippen LogP contribution in [0.1, 0.15) is 22.3 Å². The van der Waals surface area contributed by atoms with Gasteiger partial charge in [0.05, 0.1) is 5.69 Å². The van der Waals surface area contributed by atoms with Gasteiger partial charge in [-0.25, -0.2) is 4.90 Å². The van der Waals surface area contributed by atoms with Gasteiger partial charge in [-0.3, -0.25) is 9.59 Å². The van der Waals surface area contributed by atoms with E-state index in [1.165, 1.54) is 4.90 Å². The van der Waals surface area contributed by atoms with Gasteiger partial charge in [0.25, 0.3) is 11.1 Å². The Kier molecular flexibility index (Phi) is 5.72. The van der Waals surface area contributed by atoms with Gasteiger partial charge < -0.3 is 5.32 Å². The average Bonchev–Trinajstić information content (AvgIpc) is 3.03. The van der Waals surface area contributed by atoms with Crippen molar-refractivity contribution in [2.75, 3.05) is 10.2 Å². The van der Waals surface area contributed by atoms with Crippen LogP contribution >= 0.6 is 11.8 Å². The molecule has 1 aliphatic rings. The molecule has 4 rings (SSSR count). The molecular formula is C25H22N2O2S. The summed E-state index contributed by atoms with van der Waals surface area (Å²) < 4.78 is 0. The van der Waals surface area contributed by atoms with Crippen LogP contribution in [0.3, 0.4) is 0 Å². The van der Waals surface area contributed by atoms with E-state index in [1.807, 2.05) is 92.7 Å². The third-order valence-corrected chi connectivity index (χ3v) is 6.01. The van der Waals surface area contributed by atoms with Crippen LogP contribution in [0.4, 0.5) is 16.2 Å². The number of amides is 2. The summed E-state index contributed by atoms with van der Waals surface area (Å²) in [6.07, 6.45) is 4.10. The molecule has 2 amide bonds. The first-order valence-electron chi connectivity index (χ1n) is 9.73. The summed E-state index contributed by atoms with van der Waals surface area (Å²) in [6.45, 7) is 3.98. The highest BCUT2D eigenvalue weighted by atomic mass is 32.2. The second-order valence-corrected chi connectivity index (χ2v) is 8.27. The molecule has 1 unspecified atom stereocenters. The van der Waals surface area contributed by atoms with E-state index < -0.39 is 5.37 Å². The second-order valence-electron chi connectivity index (χ2n) is 7.22. The van der Waals surface area contributed by atoms with Crippen LogP contribution in [0, 0.1) is 13.8 Å². The Balaban J connectivity index is 1.44. The first-order valence-corrected chi connectivity index (χ1v) is 10.6. The number of nitrogens with zero attached hydrogens (tertiary/aromatic N) is 1. The van der Waals surface area contributed by atoms with Crippen molar-refractivity contribution in [1.29, 1.82) is 0 Å². The van der Waals surface area contributed by atoms with Crippen molar-refractivity contribution < 1.29 is 9.59 Å². The highest BCUT2D eigenvalue weighted by molar-refractivity contribution is 8.16. The number of benzene rings is 3. The molecule has 30 heavy (non-hydrogen) atoms. The van der Waals surface area contributed by atoms with Crippen LogP contribution in [-0.4, -0.2) is 16.5 Å². The second kappa shape index (κ2) is 8.59. The summed E-state index contributed by atoms with van der Waals surface area (Å²) in [5.41, 5.74) is 5.79. The van der Waals surface area contributed by atoms with E-state index in [9.17, 15) is 9.59 Å². The Labute approximate surface area is 180 Å².